The summed E-state index contributed by atoms with van der Waals surface area (Å²) in [5.74, 6) is 1.25. The molecular formula is C15H12ClNO2S. The van der Waals surface area contributed by atoms with Crippen molar-refractivity contribution in [2.75, 3.05) is 14.2 Å². The molecule has 0 bridgehead atoms. The summed E-state index contributed by atoms with van der Waals surface area (Å²) in [4.78, 5) is 0.833. The Kier molecular flexibility index (Phi) is 4.67. The predicted octanol–water partition coefficient (Wildman–Crippen LogP) is 4.40. The molecule has 3 nitrogen and oxygen atoms in total. The lowest BCUT2D eigenvalue weighted by Gasteiger charge is -2.09. The van der Waals surface area contributed by atoms with Crippen LogP contribution in [-0.4, -0.2) is 14.2 Å². The lowest BCUT2D eigenvalue weighted by molar-refractivity contribution is 0.394. The lowest BCUT2D eigenvalue weighted by Crippen LogP contribution is -1.90. The fourth-order valence-corrected chi connectivity index (χ4v) is 2.75. The van der Waals surface area contributed by atoms with Crippen molar-refractivity contribution in [3.8, 4) is 17.6 Å². The van der Waals surface area contributed by atoms with Crippen molar-refractivity contribution < 1.29 is 9.47 Å². The molecule has 1 aromatic heterocycles. The number of hydrogen-bond donors (Lipinski definition) is 0. The first-order valence-electron chi connectivity index (χ1n) is 5.76. The SMILES string of the molecule is COc1cc(OC)cc(C(Cl)=C(C#N)c2cccs2)c1. The molecule has 0 aliphatic heterocycles. The number of thiophene rings is 1. The number of benzene rings is 1. The van der Waals surface area contributed by atoms with Gasteiger partial charge in [0.05, 0.1) is 24.8 Å². The molecule has 0 fully saturated rings. The molecule has 0 aliphatic carbocycles. The van der Waals surface area contributed by atoms with E-state index in [0.29, 0.717) is 27.7 Å². The monoisotopic (exact) mass is 305 g/mol. The number of halogens is 1. The number of nitrogens with zero attached hydrogens (tertiary/aromatic N) is 1. The summed E-state index contributed by atoms with van der Waals surface area (Å²) in [6.45, 7) is 0. The summed E-state index contributed by atoms with van der Waals surface area (Å²) in [5, 5.41) is 11.6. The molecule has 102 valence electrons. The van der Waals surface area contributed by atoms with Gasteiger partial charge in [-0.25, -0.2) is 0 Å². The standard InChI is InChI=1S/C15H12ClNO2S/c1-18-11-6-10(7-12(8-11)19-2)15(16)13(9-17)14-4-3-5-20-14/h3-8H,1-2H3. The Morgan fingerprint density at radius 1 is 1.20 bits per heavy atom. The molecule has 1 aromatic carbocycles. The maximum Gasteiger partial charge on any atom is 0.123 e. The highest BCUT2D eigenvalue weighted by Crippen LogP contribution is 2.35. The average Bonchev–Trinajstić information content (AvgIpc) is 3.01. The van der Waals surface area contributed by atoms with Gasteiger partial charge in [-0.1, -0.05) is 17.7 Å². The van der Waals surface area contributed by atoms with Gasteiger partial charge in [0.15, 0.2) is 0 Å². The lowest BCUT2D eigenvalue weighted by atomic mass is 10.1. The van der Waals surface area contributed by atoms with Gasteiger partial charge in [-0.2, -0.15) is 5.26 Å². The third kappa shape index (κ3) is 2.96. The zero-order valence-electron chi connectivity index (χ0n) is 11.0. The van der Waals surface area contributed by atoms with E-state index in [1.807, 2.05) is 17.5 Å². The quantitative estimate of drug-likeness (QED) is 0.786. The first-order valence-corrected chi connectivity index (χ1v) is 7.02. The molecule has 1 heterocycles. The molecule has 2 aromatic rings. The zero-order chi connectivity index (χ0) is 14.5. The van der Waals surface area contributed by atoms with Crippen LogP contribution in [0.4, 0.5) is 0 Å². The third-order valence-electron chi connectivity index (χ3n) is 2.70. The normalized spacial score (nSPS) is 11.5. The number of ether oxygens (including phenoxy) is 2. The van der Waals surface area contributed by atoms with E-state index in [9.17, 15) is 5.26 Å². The minimum Gasteiger partial charge on any atom is -0.497 e. The minimum absolute atomic E-state index is 0.382. The Balaban J connectivity index is 2.57. The Labute approximate surface area is 126 Å². The zero-order valence-corrected chi connectivity index (χ0v) is 12.6. The van der Waals surface area contributed by atoms with Gasteiger partial charge < -0.3 is 9.47 Å². The molecule has 0 aliphatic rings. The molecular weight excluding hydrogens is 294 g/mol. The predicted molar refractivity (Wildman–Crippen MR) is 82.1 cm³/mol. The first kappa shape index (κ1) is 14.4. The Morgan fingerprint density at radius 3 is 2.30 bits per heavy atom. The summed E-state index contributed by atoms with van der Waals surface area (Å²) >= 11 is 7.85. The highest BCUT2D eigenvalue weighted by atomic mass is 35.5. The number of nitriles is 1. The maximum atomic E-state index is 9.33. The highest BCUT2D eigenvalue weighted by molar-refractivity contribution is 7.11. The Hall–Kier alpha value is -1.96. The highest BCUT2D eigenvalue weighted by Gasteiger charge is 2.12. The molecule has 0 saturated carbocycles. The van der Waals surface area contributed by atoms with Gasteiger partial charge in [0.1, 0.15) is 17.6 Å². The van der Waals surface area contributed by atoms with Gasteiger partial charge in [0.25, 0.3) is 0 Å². The van der Waals surface area contributed by atoms with Gasteiger partial charge in [0, 0.05) is 16.5 Å². The van der Waals surface area contributed by atoms with Crippen molar-refractivity contribution in [3.63, 3.8) is 0 Å². The molecule has 0 radical (unpaired) electrons. The van der Waals surface area contributed by atoms with E-state index in [2.05, 4.69) is 6.07 Å². The third-order valence-corrected chi connectivity index (χ3v) is 4.00. The number of methoxy groups -OCH3 is 2. The van der Waals surface area contributed by atoms with E-state index < -0.39 is 0 Å². The van der Waals surface area contributed by atoms with Crippen LogP contribution in [0.1, 0.15) is 10.4 Å². The van der Waals surface area contributed by atoms with Crippen molar-refractivity contribution in [2.45, 2.75) is 0 Å². The first-order chi connectivity index (χ1) is 9.69. The fraction of sp³-hybridized carbons (Fsp3) is 0.133. The number of hydrogen-bond acceptors (Lipinski definition) is 4. The van der Waals surface area contributed by atoms with Crippen molar-refractivity contribution >= 4 is 33.5 Å². The topological polar surface area (TPSA) is 42.2 Å². The van der Waals surface area contributed by atoms with E-state index in [0.717, 1.165) is 4.88 Å². The molecule has 0 spiro atoms. The maximum absolute atomic E-state index is 9.33. The van der Waals surface area contributed by atoms with Gasteiger partial charge >= 0.3 is 0 Å². The molecule has 0 saturated heterocycles. The largest absolute Gasteiger partial charge is 0.497 e. The minimum atomic E-state index is 0.382. The summed E-state index contributed by atoms with van der Waals surface area (Å²) < 4.78 is 10.4. The van der Waals surface area contributed by atoms with Crippen LogP contribution in [0.2, 0.25) is 0 Å². The molecule has 0 N–H and O–H groups in total. The number of rotatable bonds is 4. The smallest absolute Gasteiger partial charge is 0.123 e. The Bertz CT molecular complexity index is 649. The molecule has 0 amide bonds. The second-order valence-electron chi connectivity index (χ2n) is 3.88. The molecule has 2 rings (SSSR count). The second kappa shape index (κ2) is 6.47. The van der Waals surface area contributed by atoms with E-state index in [1.54, 1.807) is 32.4 Å². The van der Waals surface area contributed by atoms with Crippen LogP contribution in [0.3, 0.4) is 0 Å². The van der Waals surface area contributed by atoms with Gasteiger partial charge in [-0.05, 0) is 23.6 Å². The van der Waals surface area contributed by atoms with Crippen LogP contribution in [0.25, 0.3) is 10.6 Å². The summed E-state index contributed by atoms with van der Waals surface area (Å²) in [7, 11) is 3.14. The van der Waals surface area contributed by atoms with E-state index in [1.165, 1.54) is 11.3 Å². The van der Waals surface area contributed by atoms with Gasteiger partial charge in [-0.15, -0.1) is 11.3 Å². The summed E-state index contributed by atoms with van der Waals surface area (Å²) in [5.41, 5.74) is 1.13. The van der Waals surface area contributed by atoms with Crippen molar-refractivity contribution in [1.82, 2.24) is 0 Å². The Morgan fingerprint density at radius 2 is 1.85 bits per heavy atom. The number of allylic oxidation sites excluding steroid dienone is 1. The molecule has 5 heteroatoms. The van der Waals surface area contributed by atoms with Crippen LogP contribution in [0, 0.1) is 11.3 Å². The van der Waals surface area contributed by atoms with E-state index >= 15 is 0 Å². The van der Waals surface area contributed by atoms with E-state index in [4.69, 9.17) is 21.1 Å². The van der Waals surface area contributed by atoms with Crippen molar-refractivity contribution in [1.29, 1.82) is 5.26 Å². The van der Waals surface area contributed by atoms with Crippen LogP contribution in [0.5, 0.6) is 11.5 Å². The van der Waals surface area contributed by atoms with Crippen LogP contribution >= 0.6 is 22.9 Å². The second-order valence-corrected chi connectivity index (χ2v) is 5.21. The van der Waals surface area contributed by atoms with E-state index in [-0.39, 0.29) is 0 Å². The van der Waals surface area contributed by atoms with Crippen LogP contribution in [-0.2, 0) is 0 Å². The summed E-state index contributed by atoms with van der Waals surface area (Å²) in [6, 6.07) is 11.2. The van der Waals surface area contributed by atoms with Crippen LogP contribution < -0.4 is 9.47 Å². The average molecular weight is 306 g/mol. The molecule has 0 atom stereocenters. The molecule has 0 unspecified atom stereocenters. The van der Waals surface area contributed by atoms with Gasteiger partial charge in [-0.3, -0.25) is 0 Å². The van der Waals surface area contributed by atoms with Gasteiger partial charge in [0.2, 0.25) is 0 Å². The van der Waals surface area contributed by atoms with Crippen molar-refractivity contribution in [3.05, 3.63) is 46.2 Å². The summed E-state index contributed by atoms with van der Waals surface area (Å²) in [6.07, 6.45) is 0. The molecule has 20 heavy (non-hydrogen) atoms. The van der Waals surface area contributed by atoms with Crippen LogP contribution in [0.15, 0.2) is 35.7 Å². The fourth-order valence-electron chi connectivity index (χ4n) is 1.71. The van der Waals surface area contributed by atoms with Crippen molar-refractivity contribution in [2.24, 2.45) is 0 Å².